The first kappa shape index (κ1) is 58.0. The maximum Gasteiger partial charge on any atom is 0.0940 e. The molecule has 8 aromatic rings. The van der Waals surface area contributed by atoms with Gasteiger partial charge in [-0.25, -0.2) is 0 Å². The van der Waals surface area contributed by atoms with Crippen molar-refractivity contribution in [3.05, 3.63) is 251 Å². The van der Waals surface area contributed by atoms with Crippen LogP contribution >= 0.6 is 0 Å². The summed E-state index contributed by atoms with van der Waals surface area (Å²) in [4.78, 5) is 10.5. The van der Waals surface area contributed by atoms with Gasteiger partial charge in [-0.2, -0.15) is 0 Å². The van der Waals surface area contributed by atoms with Crippen LogP contribution < -0.4 is 10.6 Å². The average Bonchev–Trinajstić information content (AvgIpc) is 3.41. The number of nitrogens with one attached hydrogen (secondary N) is 2. The summed E-state index contributed by atoms with van der Waals surface area (Å²) in [7, 11) is 0. The van der Waals surface area contributed by atoms with E-state index in [9.17, 15) is 0 Å². The normalized spacial score (nSPS) is 13.3. The molecule has 2 aliphatic heterocycles. The minimum absolute atomic E-state index is 0. The van der Waals surface area contributed by atoms with Crippen molar-refractivity contribution in [2.45, 2.75) is 117 Å². The Kier molecular flexibility index (Phi) is 20.8. The number of aryl methyl sites for hydroxylation is 2. The predicted molar refractivity (Wildman–Crippen MR) is 318 cm³/mol. The Morgan fingerprint density at radius 2 is 0.987 bits per heavy atom. The molecule has 0 amide bonds. The fourth-order valence-electron chi connectivity index (χ4n) is 10.5. The monoisotopic (exact) mass is 1160 g/mol. The van der Waals surface area contributed by atoms with Gasteiger partial charge in [-0.05, 0) is 101 Å². The van der Waals surface area contributed by atoms with Gasteiger partial charge in [0.05, 0.1) is 23.1 Å². The standard InChI is InChI=1S/C33H37N3.C33H35N3.2CH3.Hf/c2*1-22(2)26-16-9-17-27(23(3)4)33(26)36-32(25-12-6-5-7-13-25)30-20-10-19-29(35-30)28-18-8-14-24-15-11-21-34-31(24)28;;;/h5-10,12-14,16-20,22-23,32,34,36H,11,15,21H2,1-4H3;5-10,12-14,16-20,22-23,32H,11,15,21H2,1-4H3;2*1H3;/q;-2;2*-1;/t2*32-;;;/m00.../s1. The van der Waals surface area contributed by atoms with Crippen molar-refractivity contribution in [1.82, 2.24) is 9.97 Å². The molecular formula is C68H78HfN6-4. The molecule has 4 heterocycles. The third-order valence-electron chi connectivity index (χ3n) is 14.2. The molecule has 0 saturated heterocycles. The smallest absolute Gasteiger partial charge is 0.0940 e. The molecule has 10 rings (SSSR count). The van der Waals surface area contributed by atoms with Gasteiger partial charge in [0.25, 0.3) is 0 Å². The van der Waals surface area contributed by atoms with Crippen molar-refractivity contribution in [2.75, 3.05) is 23.7 Å². The van der Waals surface area contributed by atoms with E-state index in [4.69, 9.17) is 20.6 Å². The topological polar surface area (TPSA) is 78.0 Å². The molecule has 6 nitrogen and oxygen atoms in total. The number of benzene rings is 6. The van der Waals surface area contributed by atoms with Crippen molar-refractivity contribution >= 4 is 22.7 Å². The molecule has 0 spiro atoms. The molecule has 7 heteroatoms. The van der Waals surface area contributed by atoms with Crippen LogP contribution in [-0.4, -0.2) is 23.1 Å². The van der Waals surface area contributed by atoms with Crippen LogP contribution in [-0.2, 0) is 38.7 Å². The zero-order valence-corrected chi connectivity index (χ0v) is 49.8. The second-order valence-corrected chi connectivity index (χ2v) is 20.7. The fraction of sp³-hybridized carbons (Fsp3) is 0.294. The van der Waals surface area contributed by atoms with Gasteiger partial charge in [-0.15, -0.1) is 17.9 Å². The van der Waals surface area contributed by atoms with E-state index in [2.05, 4.69) is 236 Å². The van der Waals surface area contributed by atoms with Gasteiger partial charge in [0, 0.05) is 55.0 Å². The second kappa shape index (κ2) is 27.0. The molecule has 75 heavy (non-hydrogen) atoms. The largest absolute Gasteiger partial charge is 0.684 e. The van der Waals surface area contributed by atoms with E-state index in [0.717, 1.165) is 77.6 Å². The maximum absolute atomic E-state index is 5.48. The molecule has 0 radical (unpaired) electrons. The number of aromatic nitrogens is 2. The number of hydrogen-bond acceptors (Lipinski definition) is 4. The van der Waals surface area contributed by atoms with Gasteiger partial charge in [0.2, 0.25) is 0 Å². The van der Waals surface area contributed by atoms with Crippen LogP contribution in [0.15, 0.2) is 170 Å². The van der Waals surface area contributed by atoms with E-state index in [-0.39, 0.29) is 52.8 Å². The molecule has 2 atom stereocenters. The summed E-state index contributed by atoms with van der Waals surface area (Å²) >= 11 is 0. The van der Waals surface area contributed by atoms with E-state index in [1.54, 1.807) is 0 Å². The summed E-state index contributed by atoms with van der Waals surface area (Å²) in [5, 5.41) is 18.0. The Morgan fingerprint density at radius 3 is 1.60 bits per heavy atom. The van der Waals surface area contributed by atoms with E-state index < -0.39 is 0 Å². The molecule has 388 valence electrons. The molecular weight excluding hydrogens is 1080 g/mol. The van der Waals surface area contributed by atoms with Crippen LogP contribution in [0.25, 0.3) is 33.1 Å². The number of fused-ring (bicyclic) bond motifs is 2. The van der Waals surface area contributed by atoms with Gasteiger partial charge in [-0.1, -0.05) is 230 Å². The molecule has 0 fully saturated rings. The Hall–Kier alpha value is -6.31. The van der Waals surface area contributed by atoms with E-state index in [1.807, 2.05) is 0 Å². The number of anilines is 2. The molecule has 6 aromatic carbocycles. The second-order valence-electron chi connectivity index (χ2n) is 20.7. The van der Waals surface area contributed by atoms with Crippen molar-refractivity contribution in [3.63, 3.8) is 0 Å². The van der Waals surface area contributed by atoms with Crippen LogP contribution in [0.2, 0.25) is 0 Å². The molecule has 2 aromatic heterocycles. The summed E-state index contributed by atoms with van der Waals surface area (Å²) in [5.41, 5.74) is 21.3. The van der Waals surface area contributed by atoms with Crippen LogP contribution in [0.3, 0.4) is 0 Å². The number of hydrogen-bond donors (Lipinski definition) is 2. The zero-order valence-electron chi connectivity index (χ0n) is 46.2. The minimum Gasteiger partial charge on any atom is -0.684 e. The van der Waals surface area contributed by atoms with Crippen LogP contribution in [0.1, 0.15) is 160 Å². The van der Waals surface area contributed by atoms with Crippen molar-refractivity contribution in [2.24, 2.45) is 0 Å². The average molecular weight is 1160 g/mol. The van der Waals surface area contributed by atoms with Crippen molar-refractivity contribution in [3.8, 4) is 22.5 Å². The third kappa shape index (κ3) is 13.4. The van der Waals surface area contributed by atoms with Gasteiger partial charge in [-0.3, -0.25) is 9.97 Å². The van der Waals surface area contributed by atoms with Crippen LogP contribution in [0.5, 0.6) is 0 Å². The first-order valence-corrected chi connectivity index (χ1v) is 26.5. The molecule has 2 N–H and O–H groups in total. The van der Waals surface area contributed by atoms with Crippen LogP contribution in [0.4, 0.5) is 22.7 Å². The van der Waals surface area contributed by atoms with Gasteiger partial charge < -0.3 is 36.1 Å². The summed E-state index contributed by atoms with van der Waals surface area (Å²) in [5.74, 6) is 1.61. The molecule has 0 aliphatic carbocycles. The number of pyridine rings is 2. The Balaban J connectivity index is 0.000000234. The number of rotatable bonds is 14. The summed E-state index contributed by atoms with van der Waals surface area (Å²) in [6, 6.07) is 60.2. The fourth-order valence-corrected chi connectivity index (χ4v) is 10.5. The SMILES string of the molecule is CC(C)c1cccc(C(C)C)c1N[C@@H](c1ccccc1)c1cccc(-c2cccc3c2NCCC3)n1.CC(C)c1cccc(C(C)C)c1[N-][C@@H](c1ccccc1)c1cccc(-c2cccc3c2[N-]CCC3)n1.[CH3-].[CH3-].[Hf]. The van der Waals surface area contributed by atoms with Crippen molar-refractivity contribution < 1.29 is 25.8 Å². The summed E-state index contributed by atoms with van der Waals surface area (Å²) < 4.78 is 0. The first-order valence-electron chi connectivity index (χ1n) is 26.5. The quantitative estimate of drug-likeness (QED) is 0.0840. The summed E-state index contributed by atoms with van der Waals surface area (Å²) in [6.07, 6.45) is 4.50. The third-order valence-corrected chi connectivity index (χ3v) is 14.2. The van der Waals surface area contributed by atoms with Crippen LogP contribution in [0, 0.1) is 14.9 Å². The number of nitrogens with zero attached hydrogens (tertiary/aromatic N) is 4. The minimum atomic E-state index is -0.194. The number of para-hydroxylation sites is 4. The maximum atomic E-state index is 5.48. The molecule has 2 aliphatic rings. The molecule has 0 saturated carbocycles. The van der Waals surface area contributed by atoms with E-state index in [1.165, 1.54) is 62.3 Å². The molecule has 0 unspecified atom stereocenters. The summed E-state index contributed by atoms with van der Waals surface area (Å²) in [6.45, 7) is 20.0. The predicted octanol–water partition coefficient (Wildman–Crippen LogP) is 19.2. The molecule has 0 bridgehead atoms. The van der Waals surface area contributed by atoms with Gasteiger partial charge >= 0.3 is 0 Å². The van der Waals surface area contributed by atoms with Gasteiger partial charge in [0.1, 0.15) is 0 Å². The Labute approximate surface area is 469 Å². The van der Waals surface area contributed by atoms with E-state index in [0.29, 0.717) is 23.7 Å². The first-order chi connectivity index (χ1) is 35.0. The zero-order chi connectivity index (χ0) is 50.1. The van der Waals surface area contributed by atoms with Crippen molar-refractivity contribution in [1.29, 1.82) is 0 Å². The Morgan fingerprint density at radius 1 is 0.493 bits per heavy atom. The van der Waals surface area contributed by atoms with Gasteiger partial charge in [0.15, 0.2) is 0 Å². The van der Waals surface area contributed by atoms with E-state index >= 15 is 0 Å². The Bertz CT molecular complexity index is 2810.